The van der Waals surface area contributed by atoms with E-state index in [1.165, 1.54) is 6.42 Å². The lowest BCUT2D eigenvalue weighted by Crippen LogP contribution is -2.42. The summed E-state index contributed by atoms with van der Waals surface area (Å²) in [5.41, 5.74) is 1.14. The monoisotopic (exact) mass is 246 g/mol. The Bertz CT molecular complexity index is 381. The maximum Gasteiger partial charge on any atom is 0.222 e. The highest BCUT2D eigenvalue weighted by atomic mass is 16.2. The van der Waals surface area contributed by atoms with Gasteiger partial charge in [0.15, 0.2) is 0 Å². The van der Waals surface area contributed by atoms with Gasteiger partial charge in [0.2, 0.25) is 5.91 Å². The van der Waals surface area contributed by atoms with Crippen molar-refractivity contribution >= 4 is 5.91 Å². The molecule has 18 heavy (non-hydrogen) atoms. The van der Waals surface area contributed by atoms with E-state index in [0.29, 0.717) is 18.3 Å². The minimum Gasteiger partial charge on any atom is -0.342 e. The minimum absolute atomic E-state index is 0.289. The number of amides is 1. The summed E-state index contributed by atoms with van der Waals surface area (Å²) >= 11 is 0. The average Bonchev–Trinajstić information content (AvgIpc) is 2.36. The van der Waals surface area contributed by atoms with Gasteiger partial charge in [-0.25, -0.2) is 0 Å². The lowest BCUT2D eigenvalue weighted by atomic mass is 9.91. The molecule has 1 aliphatic rings. The van der Waals surface area contributed by atoms with Crippen molar-refractivity contribution in [3.05, 3.63) is 30.1 Å². The highest BCUT2D eigenvalue weighted by Crippen LogP contribution is 2.21. The van der Waals surface area contributed by atoms with Crippen molar-refractivity contribution in [1.82, 2.24) is 9.88 Å². The molecular weight excluding hydrogens is 224 g/mol. The molecule has 1 fully saturated rings. The quantitative estimate of drug-likeness (QED) is 0.821. The first kappa shape index (κ1) is 13.1. The summed E-state index contributed by atoms with van der Waals surface area (Å²) in [6.07, 6.45) is 6.25. The predicted molar refractivity (Wildman–Crippen MR) is 72.1 cm³/mol. The molecule has 1 amide bonds. The van der Waals surface area contributed by atoms with E-state index < -0.39 is 0 Å². The van der Waals surface area contributed by atoms with Gasteiger partial charge in [0, 0.05) is 31.9 Å². The number of hydrogen-bond donors (Lipinski definition) is 0. The molecule has 1 aliphatic heterocycles. The third kappa shape index (κ3) is 3.56. The van der Waals surface area contributed by atoms with Gasteiger partial charge in [0.05, 0.1) is 0 Å². The van der Waals surface area contributed by atoms with Gasteiger partial charge in [-0.15, -0.1) is 0 Å². The van der Waals surface area contributed by atoms with Crippen molar-refractivity contribution in [3.63, 3.8) is 0 Å². The second-order valence-corrected chi connectivity index (χ2v) is 5.61. The first-order valence-electron chi connectivity index (χ1n) is 6.82. The van der Waals surface area contributed by atoms with Crippen LogP contribution in [-0.4, -0.2) is 28.9 Å². The maximum atomic E-state index is 12.2. The fourth-order valence-corrected chi connectivity index (χ4v) is 2.82. The predicted octanol–water partition coefficient (Wildman–Crippen LogP) is 2.52. The zero-order chi connectivity index (χ0) is 13.0. The molecule has 1 saturated heterocycles. The zero-order valence-corrected chi connectivity index (χ0v) is 11.3. The number of aromatic nitrogens is 1. The van der Waals surface area contributed by atoms with Gasteiger partial charge in [-0.3, -0.25) is 9.78 Å². The SMILES string of the molecule is CC1CC(C)CN(C(=O)CCc2cccnc2)C1. The molecule has 2 atom stereocenters. The van der Waals surface area contributed by atoms with Crippen LogP contribution in [0, 0.1) is 11.8 Å². The third-order valence-electron chi connectivity index (χ3n) is 3.57. The van der Waals surface area contributed by atoms with Crippen LogP contribution in [0.4, 0.5) is 0 Å². The molecule has 1 aromatic rings. The number of rotatable bonds is 3. The number of hydrogen-bond acceptors (Lipinski definition) is 2. The third-order valence-corrected chi connectivity index (χ3v) is 3.57. The smallest absolute Gasteiger partial charge is 0.222 e. The highest BCUT2D eigenvalue weighted by Gasteiger charge is 2.24. The van der Waals surface area contributed by atoms with Crippen LogP contribution in [0.2, 0.25) is 0 Å². The molecule has 98 valence electrons. The summed E-state index contributed by atoms with van der Waals surface area (Å²) in [6.45, 7) is 6.32. The Labute approximate surface area is 109 Å². The van der Waals surface area contributed by atoms with E-state index in [9.17, 15) is 4.79 Å². The number of piperidine rings is 1. The Kier molecular flexibility index (Phi) is 4.34. The second-order valence-electron chi connectivity index (χ2n) is 5.61. The highest BCUT2D eigenvalue weighted by molar-refractivity contribution is 5.76. The number of aryl methyl sites for hydroxylation is 1. The second kappa shape index (κ2) is 5.98. The van der Waals surface area contributed by atoms with Crippen molar-refractivity contribution in [3.8, 4) is 0 Å². The molecule has 3 nitrogen and oxygen atoms in total. The molecule has 0 N–H and O–H groups in total. The molecule has 0 bridgehead atoms. The lowest BCUT2D eigenvalue weighted by Gasteiger charge is -2.35. The summed E-state index contributed by atoms with van der Waals surface area (Å²) < 4.78 is 0. The number of pyridine rings is 1. The molecule has 2 unspecified atom stereocenters. The zero-order valence-electron chi connectivity index (χ0n) is 11.3. The van der Waals surface area contributed by atoms with E-state index in [0.717, 1.165) is 25.1 Å². The fourth-order valence-electron chi connectivity index (χ4n) is 2.82. The van der Waals surface area contributed by atoms with Gasteiger partial charge < -0.3 is 4.90 Å². The van der Waals surface area contributed by atoms with Gasteiger partial charge in [0.1, 0.15) is 0 Å². The van der Waals surface area contributed by atoms with Crippen molar-refractivity contribution in [1.29, 1.82) is 0 Å². The van der Waals surface area contributed by atoms with E-state index in [1.54, 1.807) is 6.20 Å². The Hall–Kier alpha value is -1.38. The van der Waals surface area contributed by atoms with Crippen LogP contribution in [0.1, 0.15) is 32.3 Å². The Morgan fingerprint density at radius 1 is 1.39 bits per heavy atom. The van der Waals surface area contributed by atoms with Crippen LogP contribution in [0.15, 0.2) is 24.5 Å². The molecule has 2 rings (SSSR count). The molecule has 2 heterocycles. The van der Waals surface area contributed by atoms with E-state index in [1.807, 2.05) is 23.2 Å². The number of carbonyl (C=O) groups is 1. The maximum absolute atomic E-state index is 12.2. The van der Waals surface area contributed by atoms with Gasteiger partial charge >= 0.3 is 0 Å². The van der Waals surface area contributed by atoms with Crippen molar-refractivity contribution in [2.75, 3.05) is 13.1 Å². The number of carbonyl (C=O) groups excluding carboxylic acids is 1. The first-order valence-corrected chi connectivity index (χ1v) is 6.82. The standard InChI is InChI=1S/C15H22N2O/c1-12-8-13(2)11-17(10-12)15(18)6-5-14-4-3-7-16-9-14/h3-4,7,9,12-13H,5-6,8,10-11H2,1-2H3. The largest absolute Gasteiger partial charge is 0.342 e. The van der Waals surface area contributed by atoms with E-state index >= 15 is 0 Å². The summed E-state index contributed by atoms with van der Waals surface area (Å²) in [4.78, 5) is 18.3. The topological polar surface area (TPSA) is 33.2 Å². The van der Waals surface area contributed by atoms with Crippen LogP contribution in [0.25, 0.3) is 0 Å². The first-order chi connectivity index (χ1) is 8.65. The number of likely N-dealkylation sites (tertiary alicyclic amines) is 1. The van der Waals surface area contributed by atoms with Gasteiger partial charge in [-0.05, 0) is 36.3 Å². The molecule has 3 heteroatoms. The van der Waals surface area contributed by atoms with Crippen molar-refractivity contribution < 1.29 is 4.79 Å². The Morgan fingerprint density at radius 2 is 2.11 bits per heavy atom. The minimum atomic E-state index is 0.289. The Morgan fingerprint density at radius 3 is 2.72 bits per heavy atom. The van der Waals surface area contributed by atoms with E-state index in [-0.39, 0.29) is 5.91 Å². The van der Waals surface area contributed by atoms with Gasteiger partial charge in [-0.2, -0.15) is 0 Å². The van der Waals surface area contributed by atoms with Gasteiger partial charge in [-0.1, -0.05) is 19.9 Å². The fraction of sp³-hybridized carbons (Fsp3) is 0.600. The van der Waals surface area contributed by atoms with Crippen LogP contribution in [-0.2, 0) is 11.2 Å². The summed E-state index contributed by atoms with van der Waals surface area (Å²) in [7, 11) is 0. The Balaban J connectivity index is 1.84. The van der Waals surface area contributed by atoms with Crippen LogP contribution in [0.5, 0.6) is 0 Å². The molecule has 1 aromatic heterocycles. The molecular formula is C15H22N2O. The van der Waals surface area contributed by atoms with Crippen LogP contribution < -0.4 is 0 Å². The summed E-state index contributed by atoms with van der Waals surface area (Å²) in [5.74, 6) is 1.56. The summed E-state index contributed by atoms with van der Waals surface area (Å²) in [6, 6.07) is 3.95. The van der Waals surface area contributed by atoms with E-state index in [4.69, 9.17) is 0 Å². The van der Waals surface area contributed by atoms with Crippen LogP contribution >= 0.6 is 0 Å². The average molecular weight is 246 g/mol. The molecule has 0 saturated carbocycles. The van der Waals surface area contributed by atoms with Crippen molar-refractivity contribution in [2.45, 2.75) is 33.1 Å². The molecule has 0 spiro atoms. The number of nitrogens with zero attached hydrogens (tertiary/aromatic N) is 2. The van der Waals surface area contributed by atoms with Gasteiger partial charge in [0.25, 0.3) is 0 Å². The molecule has 0 radical (unpaired) electrons. The molecule has 0 aliphatic carbocycles. The molecule has 0 aromatic carbocycles. The van der Waals surface area contributed by atoms with Crippen LogP contribution in [0.3, 0.4) is 0 Å². The van der Waals surface area contributed by atoms with E-state index in [2.05, 4.69) is 18.8 Å². The normalized spacial score (nSPS) is 24.0. The summed E-state index contributed by atoms with van der Waals surface area (Å²) in [5, 5.41) is 0. The lowest BCUT2D eigenvalue weighted by molar-refractivity contribution is -0.133. The van der Waals surface area contributed by atoms with Crippen molar-refractivity contribution in [2.24, 2.45) is 11.8 Å².